The predicted molar refractivity (Wildman–Crippen MR) is 145 cm³/mol. The molecule has 2 aromatic rings. The number of rotatable bonds is 12. The molecule has 0 radical (unpaired) electrons. The summed E-state index contributed by atoms with van der Waals surface area (Å²) in [6, 6.07) is 4.83. The van der Waals surface area contributed by atoms with Crippen molar-refractivity contribution >= 4 is 30.5 Å². The van der Waals surface area contributed by atoms with Gasteiger partial charge in [-0.3, -0.25) is 0 Å². The summed E-state index contributed by atoms with van der Waals surface area (Å²) in [5.41, 5.74) is 6.08. The van der Waals surface area contributed by atoms with Crippen LogP contribution in [-0.4, -0.2) is 46.1 Å². The standard InChI is InChI=1S/C25H43F3N4O2SSi/c1-16(29)17-10-11-19-18(14-17)30-22(32(19)15-34-12-13-36(7,8)9)20(31-35(33)24(2,3)4)21(26)25(5,6)23(27)28/h10-11,14,16,20-21,23,31H,12-13,15,29H2,1-9H3/t16-,20+,21?,35+/m1/s1. The lowest BCUT2D eigenvalue weighted by molar-refractivity contribution is -0.0462. The molecule has 1 heterocycles. The number of benzene rings is 1. The Hall–Kier alpha value is -1.11. The number of nitrogens with two attached hydrogens (primary N) is 1. The number of hydrogen-bond donors (Lipinski definition) is 2. The SMILES string of the molecule is C[C@@H](N)c1ccc2c(c1)nc([C@@H](N[S@@+]([O-])C(C)(C)C)C(F)C(C)(C)C(F)F)n2COCC[Si](C)(C)C. The maximum absolute atomic E-state index is 16.0. The van der Waals surface area contributed by atoms with Gasteiger partial charge in [-0.25, -0.2) is 18.2 Å². The Labute approximate surface area is 217 Å². The Morgan fingerprint density at radius 1 is 1.17 bits per heavy atom. The van der Waals surface area contributed by atoms with E-state index in [0.717, 1.165) is 11.6 Å². The van der Waals surface area contributed by atoms with Crippen molar-refractivity contribution < 1.29 is 22.5 Å². The fraction of sp³-hybridized carbons (Fsp3) is 0.720. The number of imidazole rings is 1. The van der Waals surface area contributed by atoms with E-state index < -0.39 is 48.2 Å². The van der Waals surface area contributed by atoms with E-state index in [4.69, 9.17) is 10.5 Å². The summed E-state index contributed by atoms with van der Waals surface area (Å²) in [6.07, 6.45) is -5.02. The maximum Gasteiger partial charge on any atom is 0.246 e. The zero-order chi connectivity index (χ0) is 27.6. The van der Waals surface area contributed by atoms with E-state index in [9.17, 15) is 13.3 Å². The number of aromatic nitrogens is 2. The number of hydrogen-bond acceptors (Lipinski definition) is 5. The molecule has 6 nitrogen and oxygen atoms in total. The highest BCUT2D eigenvalue weighted by atomic mass is 32.2. The Morgan fingerprint density at radius 3 is 2.28 bits per heavy atom. The second kappa shape index (κ2) is 11.7. The third-order valence-electron chi connectivity index (χ3n) is 6.18. The number of fused-ring (bicyclic) bond motifs is 1. The van der Waals surface area contributed by atoms with Gasteiger partial charge in [-0.05, 0) is 51.4 Å². The minimum Gasteiger partial charge on any atom is -0.598 e. The summed E-state index contributed by atoms with van der Waals surface area (Å²) in [5, 5.41) is 0. The highest BCUT2D eigenvalue weighted by Crippen LogP contribution is 2.40. The van der Waals surface area contributed by atoms with Crippen LogP contribution in [0.5, 0.6) is 0 Å². The van der Waals surface area contributed by atoms with Gasteiger partial charge in [0.1, 0.15) is 29.5 Å². The highest BCUT2D eigenvalue weighted by molar-refractivity contribution is 7.90. The first-order valence-electron chi connectivity index (χ1n) is 12.3. The average molecular weight is 549 g/mol. The lowest BCUT2D eigenvalue weighted by Crippen LogP contribution is -2.49. The molecule has 1 aromatic carbocycles. The Bertz CT molecular complexity index is 1010. The minimum atomic E-state index is -2.93. The highest BCUT2D eigenvalue weighted by Gasteiger charge is 2.48. The largest absolute Gasteiger partial charge is 0.598 e. The lowest BCUT2D eigenvalue weighted by atomic mass is 9.84. The van der Waals surface area contributed by atoms with Crippen LogP contribution in [0.25, 0.3) is 11.0 Å². The Balaban J connectivity index is 2.63. The van der Waals surface area contributed by atoms with Gasteiger partial charge in [0.15, 0.2) is 0 Å². The normalized spacial score (nSPS) is 17.0. The van der Waals surface area contributed by atoms with E-state index in [0.29, 0.717) is 17.6 Å². The number of nitrogens with zero attached hydrogens (tertiary/aromatic N) is 2. The summed E-state index contributed by atoms with van der Waals surface area (Å²) >= 11 is -1.74. The second-order valence-corrected chi connectivity index (χ2v) is 19.9. The number of halogens is 3. The summed E-state index contributed by atoms with van der Waals surface area (Å²) in [7, 11) is -1.35. The third-order valence-corrected chi connectivity index (χ3v) is 9.46. The molecule has 0 amide bonds. The molecule has 0 aliphatic heterocycles. The molecule has 36 heavy (non-hydrogen) atoms. The van der Waals surface area contributed by atoms with Gasteiger partial charge in [-0.2, -0.15) is 0 Å². The molecule has 206 valence electrons. The number of alkyl halides is 3. The van der Waals surface area contributed by atoms with Crippen LogP contribution < -0.4 is 10.5 Å². The molecule has 1 unspecified atom stereocenters. The van der Waals surface area contributed by atoms with Crippen LogP contribution in [0.2, 0.25) is 25.7 Å². The summed E-state index contributed by atoms with van der Waals surface area (Å²) in [4.78, 5) is 4.67. The smallest absolute Gasteiger partial charge is 0.246 e. The first-order chi connectivity index (χ1) is 16.4. The van der Waals surface area contributed by atoms with Crippen LogP contribution in [0, 0.1) is 5.41 Å². The van der Waals surface area contributed by atoms with E-state index in [1.165, 1.54) is 13.8 Å². The maximum atomic E-state index is 16.0. The van der Waals surface area contributed by atoms with E-state index in [1.807, 2.05) is 25.1 Å². The van der Waals surface area contributed by atoms with Crippen molar-refractivity contribution in [3.63, 3.8) is 0 Å². The lowest BCUT2D eigenvalue weighted by Gasteiger charge is -2.35. The zero-order valence-electron chi connectivity index (χ0n) is 23.0. The molecule has 0 bridgehead atoms. The summed E-state index contributed by atoms with van der Waals surface area (Å²) < 4.78 is 66.6. The van der Waals surface area contributed by atoms with E-state index in [1.54, 1.807) is 25.3 Å². The molecule has 0 aliphatic carbocycles. The van der Waals surface area contributed by atoms with Crippen LogP contribution in [0.1, 0.15) is 65.0 Å². The van der Waals surface area contributed by atoms with Gasteiger partial charge < -0.3 is 19.6 Å². The van der Waals surface area contributed by atoms with Crippen LogP contribution >= 0.6 is 0 Å². The van der Waals surface area contributed by atoms with Crippen LogP contribution in [0.15, 0.2) is 18.2 Å². The first kappa shape index (κ1) is 31.1. The fourth-order valence-electron chi connectivity index (χ4n) is 3.44. The zero-order valence-corrected chi connectivity index (χ0v) is 24.8. The van der Waals surface area contributed by atoms with E-state index in [2.05, 4.69) is 29.3 Å². The third kappa shape index (κ3) is 7.70. The molecule has 0 spiro atoms. The monoisotopic (exact) mass is 548 g/mol. The van der Waals surface area contributed by atoms with Gasteiger partial charge in [-0.1, -0.05) is 39.6 Å². The van der Waals surface area contributed by atoms with E-state index in [-0.39, 0.29) is 18.6 Å². The molecular formula is C25H43F3N4O2SSi. The molecule has 2 rings (SSSR count). The van der Waals surface area contributed by atoms with Gasteiger partial charge in [0.05, 0.1) is 16.4 Å². The molecule has 11 heteroatoms. The fourth-order valence-corrected chi connectivity index (χ4v) is 5.01. The molecule has 1 aromatic heterocycles. The second-order valence-electron chi connectivity index (χ2n) is 12.3. The molecule has 0 aliphatic rings. The topological polar surface area (TPSA) is 88.2 Å². The quantitative estimate of drug-likeness (QED) is 0.190. The molecular weight excluding hydrogens is 505 g/mol. The van der Waals surface area contributed by atoms with Crippen molar-refractivity contribution in [3.8, 4) is 0 Å². The molecule has 0 fully saturated rings. The molecule has 0 saturated carbocycles. The van der Waals surface area contributed by atoms with Gasteiger partial charge in [0.25, 0.3) is 0 Å². The van der Waals surface area contributed by atoms with Crippen LogP contribution in [0.3, 0.4) is 0 Å². The van der Waals surface area contributed by atoms with E-state index >= 15 is 4.39 Å². The molecule has 3 N–H and O–H groups in total. The van der Waals surface area contributed by atoms with Crippen molar-refractivity contribution in [2.75, 3.05) is 6.61 Å². The van der Waals surface area contributed by atoms with Gasteiger partial charge >= 0.3 is 0 Å². The van der Waals surface area contributed by atoms with Gasteiger partial charge in [0, 0.05) is 32.1 Å². The van der Waals surface area contributed by atoms with Crippen molar-refractivity contribution in [1.29, 1.82) is 0 Å². The van der Waals surface area contributed by atoms with Crippen LogP contribution in [-0.2, 0) is 22.8 Å². The number of ether oxygens (including phenoxy) is 1. The van der Waals surface area contributed by atoms with Crippen molar-refractivity contribution in [2.24, 2.45) is 11.1 Å². The minimum absolute atomic E-state index is 0.0655. The van der Waals surface area contributed by atoms with Crippen molar-refractivity contribution in [1.82, 2.24) is 14.3 Å². The van der Waals surface area contributed by atoms with Gasteiger partial charge in [0.2, 0.25) is 6.43 Å². The Kier molecular flexibility index (Phi) is 10.1. The molecule has 4 atom stereocenters. The predicted octanol–water partition coefficient (Wildman–Crippen LogP) is 6.09. The Morgan fingerprint density at radius 2 is 1.78 bits per heavy atom. The molecule has 0 saturated heterocycles. The van der Waals surface area contributed by atoms with Crippen molar-refractivity contribution in [2.45, 2.75) is 103 Å². The summed E-state index contributed by atoms with van der Waals surface area (Å²) in [6.45, 7) is 16.7. The average Bonchev–Trinajstić information content (AvgIpc) is 3.10. The van der Waals surface area contributed by atoms with Gasteiger partial charge in [-0.15, -0.1) is 4.72 Å². The summed E-state index contributed by atoms with van der Waals surface area (Å²) in [5.74, 6) is 0.165. The van der Waals surface area contributed by atoms with Crippen molar-refractivity contribution in [3.05, 3.63) is 29.6 Å². The van der Waals surface area contributed by atoms with Crippen LogP contribution in [0.4, 0.5) is 13.2 Å². The first-order valence-corrected chi connectivity index (χ1v) is 17.2. The number of nitrogens with one attached hydrogen (secondary N) is 1.